The maximum absolute atomic E-state index is 14.3. The number of anilines is 1. The van der Waals surface area contributed by atoms with E-state index in [2.05, 4.69) is 26.3 Å². The van der Waals surface area contributed by atoms with Crippen molar-refractivity contribution in [1.82, 2.24) is 24.2 Å². The molecule has 20 heteroatoms. The molecular weight excluding hydrogens is 883 g/mol. The van der Waals surface area contributed by atoms with Crippen LogP contribution in [0.1, 0.15) is 70.9 Å². The first-order chi connectivity index (χ1) is 31.5. The zero-order chi connectivity index (χ0) is 47.8. The first-order valence-electron chi connectivity index (χ1n) is 21.4. The van der Waals surface area contributed by atoms with Crippen LogP contribution >= 0.6 is 8.53 Å². The maximum atomic E-state index is 14.3. The summed E-state index contributed by atoms with van der Waals surface area (Å²) in [6, 6.07) is 25.4. The minimum absolute atomic E-state index is 0.00328. The van der Waals surface area contributed by atoms with Gasteiger partial charge in [0.05, 0.1) is 46.3 Å². The number of carbonyl (C=O) groups is 1. The number of benzene rings is 3. The number of nitriles is 1. The molecule has 0 radical (unpaired) electrons. The average Bonchev–Trinajstić information content (AvgIpc) is 3.87. The molecule has 0 spiro atoms. The van der Waals surface area contributed by atoms with Crippen molar-refractivity contribution in [3.8, 4) is 17.6 Å². The summed E-state index contributed by atoms with van der Waals surface area (Å²) in [7, 11) is 0.956. The Hall–Kier alpha value is -5.45. The van der Waals surface area contributed by atoms with Gasteiger partial charge in [0, 0.05) is 18.0 Å². The number of rotatable bonds is 21. The van der Waals surface area contributed by atoms with E-state index in [-0.39, 0.29) is 42.2 Å². The minimum Gasteiger partial charge on any atom is -0.497 e. The fraction of sp³-hybridized carbons (Fsp3) is 0.457. The summed E-state index contributed by atoms with van der Waals surface area (Å²) < 4.78 is 90.2. The summed E-state index contributed by atoms with van der Waals surface area (Å²) in [5.74, 6) is 0.0688. The van der Waals surface area contributed by atoms with Gasteiger partial charge in [0.15, 0.2) is 17.4 Å². The molecule has 1 aliphatic rings. The van der Waals surface area contributed by atoms with Gasteiger partial charge in [-0.3, -0.25) is 24.5 Å². The van der Waals surface area contributed by atoms with Gasteiger partial charge >= 0.3 is 6.18 Å². The molecule has 6 rings (SSSR count). The molecule has 1 saturated heterocycles. The number of nitrogens with zero attached hydrogens (tertiary/aromatic N) is 5. The third kappa shape index (κ3) is 11.4. The van der Waals surface area contributed by atoms with Crippen LogP contribution in [0.4, 0.5) is 19.1 Å². The van der Waals surface area contributed by atoms with E-state index in [0.717, 1.165) is 0 Å². The summed E-state index contributed by atoms with van der Waals surface area (Å²) in [5, 5.41) is 12.0. The number of carbonyl (C=O) groups excluding carboxylic acids is 1. The number of H-pyrrole nitrogens is 1. The Morgan fingerprint density at radius 3 is 2.05 bits per heavy atom. The maximum Gasteiger partial charge on any atom is 0.411 e. The Morgan fingerprint density at radius 2 is 1.52 bits per heavy atom. The number of imidazole rings is 1. The Labute approximate surface area is 382 Å². The van der Waals surface area contributed by atoms with Crippen LogP contribution in [-0.4, -0.2) is 101 Å². The third-order valence-electron chi connectivity index (χ3n) is 10.7. The quantitative estimate of drug-likeness (QED) is 0.0408. The van der Waals surface area contributed by atoms with Gasteiger partial charge in [-0.15, -0.1) is 0 Å². The first-order valence-corrected chi connectivity index (χ1v) is 22.5. The number of amides is 1. The predicted octanol–water partition coefficient (Wildman–Crippen LogP) is 8.25. The van der Waals surface area contributed by atoms with E-state index in [9.17, 15) is 28.0 Å². The molecule has 0 saturated carbocycles. The molecule has 16 nitrogen and oxygen atoms in total. The molecule has 3 aromatic carbocycles. The molecule has 5 atom stereocenters. The lowest BCUT2D eigenvalue weighted by Gasteiger charge is -2.38. The van der Waals surface area contributed by atoms with Gasteiger partial charge < -0.3 is 32.7 Å². The molecule has 1 fully saturated rings. The van der Waals surface area contributed by atoms with E-state index in [0.29, 0.717) is 28.2 Å². The van der Waals surface area contributed by atoms with Gasteiger partial charge in [-0.25, -0.2) is 9.65 Å². The number of halogens is 3. The molecule has 2 N–H and O–H groups in total. The lowest BCUT2D eigenvalue weighted by atomic mass is 9.80. The molecule has 1 unspecified atom stereocenters. The van der Waals surface area contributed by atoms with E-state index in [1.165, 1.54) is 10.9 Å². The number of methoxy groups -OCH3 is 2. The van der Waals surface area contributed by atoms with Crippen LogP contribution in [0.3, 0.4) is 0 Å². The molecular formula is C46H55F3N7O9P. The van der Waals surface area contributed by atoms with Crippen molar-refractivity contribution < 1.29 is 50.7 Å². The lowest BCUT2D eigenvalue weighted by molar-refractivity contribution is -0.198. The highest BCUT2D eigenvalue weighted by Gasteiger charge is 2.53. The molecule has 5 aromatic rings. The summed E-state index contributed by atoms with van der Waals surface area (Å²) >= 11 is 0. The van der Waals surface area contributed by atoms with Gasteiger partial charge in [-0.1, -0.05) is 68.4 Å². The van der Waals surface area contributed by atoms with Crippen LogP contribution in [0, 0.1) is 17.2 Å². The number of aromatic amines is 1. The number of ether oxygens (including phenoxy) is 5. The van der Waals surface area contributed by atoms with E-state index >= 15 is 0 Å². The van der Waals surface area contributed by atoms with Crippen molar-refractivity contribution >= 4 is 31.5 Å². The number of hydrogen-bond donors (Lipinski definition) is 2. The Kier molecular flexibility index (Phi) is 16.6. The Morgan fingerprint density at radius 1 is 0.924 bits per heavy atom. The van der Waals surface area contributed by atoms with Crippen LogP contribution in [0.5, 0.6) is 11.5 Å². The number of nitrogens with one attached hydrogen (secondary N) is 2. The average molecular weight is 938 g/mol. The standard InChI is InChI=1S/C46H55F3N7O9P/c1-28(2)41(57)53-44-52-40-37(42(58)54-44)51-27-55(40)43-39(65-66(63-24-12-23-50)56(29(3)4)30(5)6)38(61-26-45(47,48)49)36(64-43)25-62-46(31-13-10-9-11-14-31,32-15-19-34(59-7)20-16-32)33-17-21-35(60-8)22-18-33/h9-11,13-22,27-30,36,38-39,43H,12,24-26H2,1-8H3,(H2,52,53,54,57,58)/t36-,38-,39-,43-,66?/m1/s1. The highest BCUT2D eigenvalue weighted by Crippen LogP contribution is 2.52. The van der Waals surface area contributed by atoms with E-state index in [1.54, 1.807) is 52.3 Å². The second-order valence-corrected chi connectivity index (χ2v) is 17.7. The van der Waals surface area contributed by atoms with E-state index in [4.69, 9.17) is 32.7 Å². The van der Waals surface area contributed by atoms with Crippen molar-refractivity contribution in [2.75, 3.05) is 39.4 Å². The number of fused-ring (bicyclic) bond motifs is 1. The zero-order valence-corrected chi connectivity index (χ0v) is 38.8. The number of hydrogen-bond acceptors (Lipinski definition) is 13. The van der Waals surface area contributed by atoms with Gasteiger partial charge in [-0.2, -0.15) is 23.4 Å². The summed E-state index contributed by atoms with van der Waals surface area (Å²) in [4.78, 5) is 37.5. The fourth-order valence-corrected chi connectivity index (χ4v) is 9.42. The first kappa shape index (κ1) is 50.0. The van der Waals surface area contributed by atoms with Crippen LogP contribution < -0.4 is 20.3 Å². The van der Waals surface area contributed by atoms with Gasteiger partial charge in [-0.05, 0) is 68.7 Å². The third-order valence-corrected chi connectivity index (χ3v) is 12.8. The molecule has 0 bridgehead atoms. The molecule has 354 valence electrons. The highest BCUT2D eigenvalue weighted by atomic mass is 31.2. The summed E-state index contributed by atoms with van der Waals surface area (Å²) in [6.07, 6.45) is -9.17. The van der Waals surface area contributed by atoms with Crippen LogP contribution in [0.2, 0.25) is 0 Å². The monoisotopic (exact) mass is 937 g/mol. The molecule has 0 aliphatic carbocycles. The van der Waals surface area contributed by atoms with Gasteiger partial charge in [0.2, 0.25) is 11.9 Å². The van der Waals surface area contributed by atoms with Crippen molar-refractivity contribution in [1.29, 1.82) is 5.26 Å². The largest absolute Gasteiger partial charge is 0.497 e. The normalized spacial score (nSPS) is 18.3. The van der Waals surface area contributed by atoms with Crippen molar-refractivity contribution in [2.45, 2.75) is 96.4 Å². The Balaban J connectivity index is 1.54. The predicted molar refractivity (Wildman–Crippen MR) is 240 cm³/mol. The molecule has 2 aromatic heterocycles. The molecule has 1 amide bonds. The van der Waals surface area contributed by atoms with Crippen LogP contribution in [0.15, 0.2) is 90.0 Å². The van der Waals surface area contributed by atoms with Gasteiger partial charge in [0.1, 0.15) is 42.0 Å². The smallest absolute Gasteiger partial charge is 0.411 e. The molecule has 3 heterocycles. The number of alkyl halides is 3. The molecule has 66 heavy (non-hydrogen) atoms. The van der Waals surface area contributed by atoms with Crippen molar-refractivity contribution in [2.24, 2.45) is 5.92 Å². The van der Waals surface area contributed by atoms with Crippen LogP contribution in [-0.2, 0) is 33.7 Å². The molecule has 1 aliphatic heterocycles. The Bertz CT molecular complexity index is 2410. The second kappa shape index (κ2) is 21.9. The van der Waals surface area contributed by atoms with E-state index in [1.807, 2.05) is 87.0 Å². The van der Waals surface area contributed by atoms with Crippen LogP contribution in [0.25, 0.3) is 11.2 Å². The lowest BCUT2D eigenvalue weighted by Crippen LogP contribution is -2.43. The van der Waals surface area contributed by atoms with Crippen molar-refractivity contribution in [3.05, 3.63) is 112 Å². The van der Waals surface area contributed by atoms with Crippen molar-refractivity contribution in [3.63, 3.8) is 0 Å². The topological polar surface area (TPSA) is 184 Å². The highest BCUT2D eigenvalue weighted by molar-refractivity contribution is 7.44. The second-order valence-electron chi connectivity index (χ2n) is 16.3. The van der Waals surface area contributed by atoms with E-state index < -0.39 is 75.4 Å². The number of aromatic nitrogens is 4. The minimum atomic E-state index is -4.79. The SMILES string of the molecule is COc1ccc(C(OC[C@H]2O[C@@H](n3cnc4c(=O)[nH]c(NC(=O)C(C)C)nc43)[C@H](OP(OCCC#N)N(C(C)C)C(C)C)[C@@H]2OCC(F)(F)F)(c2ccccc2)c2ccc(OC)cc2)cc1. The summed E-state index contributed by atoms with van der Waals surface area (Å²) in [6.45, 7) is 8.85. The zero-order valence-electron chi connectivity index (χ0n) is 37.9. The van der Waals surface area contributed by atoms with Gasteiger partial charge in [0.25, 0.3) is 14.1 Å². The summed E-state index contributed by atoms with van der Waals surface area (Å²) in [5.41, 5.74) is -0.366. The fourth-order valence-electron chi connectivity index (χ4n) is 7.68.